The molecule has 1 rings (SSSR count). The summed E-state index contributed by atoms with van der Waals surface area (Å²) in [4.78, 5) is 12.2. The fourth-order valence-electron chi connectivity index (χ4n) is 2.03. The van der Waals surface area contributed by atoms with E-state index in [1.807, 2.05) is 14.0 Å². The van der Waals surface area contributed by atoms with Gasteiger partial charge in [-0.2, -0.15) is 5.10 Å². The van der Waals surface area contributed by atoms with Crippen LogP contribution in [0.25, 0.3) is 0 Å². The maximum absolute atomic E-state index is 12.2. The first kappa shape index (κ1) is 14.7. The number of hydrogen-bond donors (Lipinski definition) is 2. The highest BCUT2D eigenvalue weighted by Gasteiger charge is 2.18. The molecule has 1 heterocycles. The Morgan fingerprint density at radius 3 is 2.72 bits per heavy atom. The summed E-state index contributed by atoms with van der Waals surface area (Å²) in [6.45, 7) is 6.70. The third kappa shape index (κ3) is 3.84. The molecule has 5 heteroatoms. The van der Waals surface area contributed by atoms with Gasteiger partial charge in [0.1, 0.15) is 0 Å². The van der Waals surface area contributed by atoms with Gasteiger partial charge < -0.3 is 11.1 Å². The molecule has 102 valence electrons. The number of carbonyl (C=O) groups excluding carboxylic acids is 1. The lowest BCUT2D eigenvalue weighted by molar-refractivity contribution is 0.0933. The monoisotopic (exact) mass is 252 g/mol. The van der Waals surface area contributed by atoms with Crippen LogP contribution >= 0.6 is 0 Å². The first-order chi connectivity index (χ1) is 8.47. The number of hydrogen-bond acceptors (Lipinski definition) is 3. The lowest BCUT2D eigenvalue weighted by Crippen LogP contribution is -2.41. The van der Waals surface area contributed by atoms with E-state index in [-0.39, 0.29) is 11.9 Å². The highest BCUT2D eigenvalue weighted by Crippen LogP contribution is 2.09. The van der Waals surface area contributed by atoms with Gasteiger partial charge in [-0.25, -0.2) is 0 Å². The van der Waals surface area contributed by atoms with Crippen molar-refractivity contribution in [3.63, 3.8) is 0 Å². The Labute approximate surface area is 109 Å². The van der Waals surface area contributed by atoms with Crippen LogP contribution in [0, 0.1) is 5.92 Å². The summed E-state index contributed by atoms with van der Waals surface area (Å²) in [5.74, 6) is 0.439. The topological polar surface area (TPSA) is 72.9 Å². The highest BCUT2D eigenvalue weighted by atomic mass is 16.1. The number of nitrogens with one attached hydrogen (secondary N) is 1. The second-order valence-electron chi connectivity index (χ2n) is 5.05. The number of amides is 1. The van der Waals surface area contributed by atoms with Crippen LogP contribution in [0.1, 0.15) is 43.2 Å². The molecule has 0 radical (unpaired) electrons. The summed E-state index contributed by atoms with van der Waals surface area (Å²) < 4.78 is 1.67. The van der Waals surface area contributed by atoms with Gasteiger partial charge in [-0.05, 0) is 18.8 Å². The van der Waals surface area contributed by atoms with Crippen molar-refractivity contribution in [2.24, 2.45) is 18.7 Å². The molecule has 1 unspecified atom stereocenters. The maximum atomic E-state index is 12.2. The second-order valence-corrected chi connectivity index (χ2v) is 5.05. The predicted octanol–water partition coefficient (Wildman–Crippen LogP) is 1.09. The molecule has 0 fully saturated rings. The lowest BCUT2D eigenvalue weighted by Gasteiger charge is -2.18. The van der Waals surface area contributed by atoms with Crippen molar-refractivity contribution in [2.45, 2.75) is 39.7 Å². The van der Waals surface area contributed by atoms with Gasteiger partial charge in [0, 0.05) is 25.8 Å². The molecule has 1 aromatic rings. The van der Waals surface area contributed by atoms with E-state index in [2.05, 4.69) is 24.3 Å². The first-order valence-corrected chi connectivity index (χ1v) is 6.51. The molecule has 0 aliphatic carbocycles. The quantitative estimate of drug-likeness (QED) is 0.796. The third-order valence-electron chi connectivity index (χ3n) is 2.86. The van der Waals surface area contributed by atoms with Crippen LogP contribution in [0.15, 0.2) is 6.20 Å². The predicted molar refractivity (Wildman–Crippen MR) is 72.3 cm³/mol. The zero-order chi connectivity index (χ0) is 13.7. The number of rotatable bonds is 6. The molecule has 1 atom stereocenters. The van der Waals surface area contributed by atoms with Crippen molar-refractivity contribution >= 4 is 5.91 Å². The SMILES string of the molecule is CCc1nn(C)cc1C(=O)NC(CN)CC(C)C. The van der Waals surface area contributed by atoms with Crippen molar-refractivity contribution in [2.75, 3.05) is 6.54 Å². The van der Waals surface area contributed by atoms with E-state index < -0.39 is 0 Å². The average molecular weight is 252 g/mol. The van der Waals surface area contributed by atoms with Crippen molar-refractivity contribution in [1.29, 1.82) is 0 Å². The van der Waals surface area contributed by atoms with E-state index in [0.717, 1.165) is 18.5 Å². The van der Waals surface area contributed by atoms with Crippen LogP contribution in [-0.2, 0) is 13.5 Å². The zero-order valence-corrected chi connectivity index (χ0v) is 11.7. The molecule has 0 aliphatic rings. The second kappa shape index (κ2) is 6.54. The third-order valence-corrected chi connectivity index (χ3v) is 2.86. The molecule has 1 aromatic heterocycles. The van der Waals surface area contributed by atoms with Crippen LogP contribution in [0.2, 0.25) is 0 Å². The minimum atomic E-state index is -0.0731. The van der Waals surface area contributed by atoms with Crippen LogP contribution in [0.4, 0.5) is 0 Å². The Kier molecular flexibility index (Phi) is 5.34. The molecule has 0 saturated carbocycles. The van der Waals surface area contributed by atoms with Crippen LogP contribution < -0.4 is 11.1 Å². The van der Waals surface area contributed by atoms with Gasteiger partial charge in [-0.3, -0.25) is 9.48 Å². The van der Waals surface area contributed by atoms with Gasteiger partial charge in [0.15, 0.2) is 0 Å². The van der Waals surface area contributed by atoms with Crippen molar-refractivity contribution in [3.05, 3.63) is 17.5 Å². The molecule has 5 nitrogen and oxygen atoms in total. The van der Waals surface area contributed by atoms with Gasteiger partial charge in [0.05, 0.1) is 11.3 Å². The summed E-state index contributed by atoms with van der Waals surface area (Å²) in [7, 11) is 1.82. The van der Waals surface area contributed by atoms with E-state index in [1.54, 1.807) is 10.9 Å². The highest BCUT2D eigenvalue weighted by molar-refractivity contribution is 5.95. The summed E-state index contributed by atoms with van der Waals surface area (Å²) >= 11 is 0. The van der Waals surface area contributed by atoms with E-state index in [4.69, 9.17) is 5.73 Å². The van der Waals surface area contributed by atoms with Gasteiger partial charge in [-0.1, -0.05) is 20.8 Å². The van der Waals surface area contributed by atoms with E-state index in [9.17, 15) is 4.79 Å². The summed E-state index contributed by atoms with van der Waals surface area (Å²) in [5.41, 5.74) is 7.17. The fraction of sp³-hybridized carbons (Fsp3) is 0.692. The molecule has 0 bridgehead atoms. The minimum Gasteiger partial charge on any atom is -0.348 e. The Morgan fingerprint density at radius 1 is 1.56 bits per heavy atom. The van der Waals surface area contributed by atoms with Gasteiger partial charge in [-0.15, -0.1) is 0 Å². The first-order valence-electron chi connectivity index (χ1n) is 6.51. The summed E-state index contributed by atoms with van der Waals surface area (Å²) in [6, 6.07) is 0.0300. The van der Waals surface area contributed by atoms with E-state index >= 15 is 0 Å². The van der Waals surface area contributed by atoms with Crippen molar-refractivity contribution in [3.8, 4) is 0 Å². The number of nitrogens with two attached hydrogens (primary N) is 1. The molecule has 3 N–H and O–H groups in total. The van der Waals surface area contributed by atoms with E-state index in [1.165, 1.54) is 0 Å². The Bertz CT molecular complexity index is 398. The number of aryl methyl sites for hydroxylation is 2. The average Bonchev–Trinajstić information content (AvgIpc) is 2.69. The molecule has 0 aromatic carbocycles. The van der Waals surface area contributed by atoms with E-state index in [0.29, 0.717) is 18.0 Å². The van der Waals surface area contributed by atoms with Crippen LogP contribution in [0.5, 0.6) is 0 Å². The van der Waals surface area contributed by atoms with Crippen LogP contribution in [0.3, 0.4) is 0 Å². The number of nitrogens with zero attached hydrogens (tertiary/aromatic N) is 2. The van der Waals surface area contributed by atoms with Gasteiger partial charge in [0.2, 0.25) is 0 Å². The summed E-state index contributed by atoms with van der Waals surface area (Å²) in [6.07, 6.45) is 3.40. The van der Waals surface area contributed by atoms with Crippen molar-refractivity contribution in [1.82, 2.24) is 15.1 Å². The Morgan fingerprint density at radius 2 is 2.22 bits per heavy atom. The molecule has 1 amide bonds. The Hall–Kier alpha value is -1.36. The maximum Gasteiger partial charge on any atom is 0.255 e. The molecule has 0 aliphatic heterocycles. The molecular formula is C13H24N4O. The van der Waals surface area contributed by atoms with Crippen LogP contribution in [-0.4, -0.2) is 28.3 Å². The van der Waals surface area contributed by atoms with Crippen molar-refractivity contribution < 1.29 is 4.79 Å². The zero-order valence-electron chi connectivity index (χ0n) is 11.7. The summed E-state index contributed by atoms with van der Waals surface area (Å²) in [5, 5.41) is 7.25. The molecule has 18 heavy (non-hydrogen) atoms. The number of aromatic nitrogens is 2. The largest absolute Gasteiger partial charge is 0.348 e. The molecular weight excluding hydrogens is 228 g/mol. The standard InChI is InChI=1S/C13H24N4O/c1-5-12-11(8-17(4)16-12)13(18)15-10(7-14)6-9(2)3/h8-10H,5-7,14H2,1-4H3,(H,15,18). The number of carbonyl (C=O) groups is 1. The molecule has 0 saturated heterocycles. The van der Waals surface area contributed by atoms with Gasteiger partial charge in [0.25, 0.3) is 5.91 Å². The van der Waals surface area contributed by atoms with Gasteiger partial charge >= 0.3 is 0 Å². The normalized spacial score (nSPS) is 12.8. The lowest BCUT2D eigenvalue weighted by atomic mass is 10.0. The Balaban J connectivity index is 2.74. The minimum absolute atomic E-state index is 0.0300. The fourth-order valence-corrected chi connectivity index (χ4v) is 2.03. The molecule has 0 spiro atoms. The smallest absolute Gasteiger partial charge is 0.255 e.